The topological polar surface area (TPSA) is 9.23 Å². The third-order valence-electron chi connectivity index (χ3n) is 3.07. The highest BCUT2D eigenvalue weighted by molar-refractivity contribution is 9.09. The van der Waals surface area contributed by atoms with E-state index in [-0.39, 0.29) is 0 Å². The first-order chi connectivity index (χ1) is 5.58. The fourth-order valence-corrected chi connectivity index (χ4v) is 2.85. The molecule has 0 radical (unpaired) electrons. The fraction of sp³-hybridized carbons (Fsp3) is 1.00. The quantitative estimate of drug-likeness (QED) is 0.525. The van der Waals surface area contributed by atoms with E-state index in [1.165, 1.54) is 6.42 Å². The van der Waals surface area contributed by atoms with Crippen LogP contribution in [-0.4, -0.2) is 18.5 Å². The number of alkyl halides is 1. The van der Waals surface area contributed by atoms with E-state index in [2.05, 4.69) is 36.7 Å². The molecule has 0 heterocycles. The molecule has 0 aromatic carbocycles. The molecule has 72 valence electrons. The first kappa shape index (κ1) is 10.5. The highest BCUT2D eigenvalue weighted by Crippen LogP contribution is 2.64. The van der Waals surface area contributed by atoms with Crippen LogP contribution in [0.3, 0.4) is 0 Å². The van der Waals surface area contributed by atoms with Gasteiger partial charge in [-0.1, -0.05) is 36.7 Å². The lowest BCUT2D eigenvalue weighted by molar-refractivity contribution is 0.0860. The minimum absolute atomic E-state index is 0.433. The Bertz CT molecular complexity index is 156. The molecule has 1 aliphatic rings. The van der Waals surface area contributed by atoms with Gasteiger partial charge in [-0.3, -0.25) is 0 Å². The molecule has 0 aliphatic heterocycles. The van der Waals surface area contributed by atoms with E-state index < -0.39 is 0 Å². The molecule has 1 aliphatic carbocycles. The molecule has 1 rings (SSSR count). The van der Waals surface area contributed by atoms with Gasteiger partial charge < -0.3 is 4.74 Å². The van der Waals surface area contributed by atoms with E-state index in [1.54, 1.807) is 0 Å². The second-order valence-electron chi connectivity index (χ2n) is 4.53. The molecule has 0 spiro atoms. The van der Waals surface area contributed by atoms with Gasteiger partial charge in [0.05, 0.1) is 6.61 Å². The van der Waals surface area contributed by atoms with E-state index in [0.29, 0.717) is 10.8 Å². The molecule has 0 N–H and O–H groups in total. The fourth-order valence-electron chi connectivity index (χ4n) is 1.73. The molecular weight excluding hydrogens is 216 g/mol. The SMILES string of the molecule is CCCOCC1(CBr)CC1(C)C. The first-order valence-electron chi connectivity index (χ1n) is 4.72. The number of hydrogen-bond acceptors (Lipinski definition) is 1. The third-order valence-corrected chi connectivity index (χ3v) is 4.15. The Morgan fingerprint density at radius 1 is 1.42 bits per heavy atom. The number of halogens is 1. The lowest BCUT2D eigenvalue weighted by atomic mass is 9.99. The van der Waals surface area contributed by atoms with Crippen molar-refractivity contribution in [2.75, 3.05) is 18.5 Å². The van der Waals surface area contributed by atoms with Crippen LogP contribution < -0.4 is 0 Å². The third kappa shape index (κ3) is 1.85. The molecule has 1 atom stereocenters. The zero-order chi connectivity index (χ0) is 9.24. The summed E-state index contributed by atoms with van der Waals surface area (Å²) in [6, 6.07) is 0. The zero-order valence-electron chi connectivity index (χ0n) is 8.32. The van der Waals surface area contributed by atoms with Gasteiger partial charge in [-0.05, 0) is 18.3 Å². The van der Waals surface area contributed by atoms with Crippen molar-refractivity contribution in [2.24, 2.45) is 10.8 Å². The highest BCUT2D eigenvalue weighted by atomic mass is 79.9. The van der Waals surface area contributed by atoms with Crippen molar-refractivity contribution in [1.82, 2.24) is 0 Å². The molecule has 0 saturated heterocycles. The molecule has 1 fully saturated rings. The minimum atomic E-state index is 0.433. The standard InChI is InChI=1S/C10H19BrO/c1-4-5-12-8-10(7-11)6-9(10,2)3/h4-8H2,1-3H3. The molecule has 12 heavy (non-hydrogen) atoms. The summed E-state index contributed by atoms with van der Waals surface area (Å²) in [6.07, 6.45) is 2.42. The van der Waals surface area contributed by atoms with Gasteiger partial charge in [0.25, 0.3) is 0 Å². The minimum Gasteiger partial charge on any atom is -0.381 e. The van der Waals surface area contributed by atoms with Gasteiger partial charge in [0.1, 0.15) is 0 Å². The second-order valence-corrected chi connectivity index (χ2v) is 5.09. The summed E-state index contributed by atoms with van der Waals surface area (Å²) in [7, 11) is 0. The summed E-state index contributed by atoms with van der Waals surface area (Å²) in [5.41, 5.74) is 0.923. The van der Waals surface area contributed by atoms with Crippen molar-refractivity contribution in [3.8, 4) is 0 Å². The van der Waals surface area contributed by atoms with Crippen LogP contribution >= 0.6 is 15.9 Å². The van der Waals surface area contributed by atoms with Gasteiger partial charge in [-0.25, -0.2) is 0 Å². The molecular formula is C10H19BrO. The van der Waals surface area contributed by atoms with Gasteiger partial charge >= 0.3 is 0 Å². The Kier molecular flexibility index (Phi) is 3.21. The maximum absolute atomic E-state index is 5.61. The van der Waals surface area contributed by atoms with Crippen molar-refractivity contribution >= 4 is 15.9 Å². The van der Waals surface area contributed by atoms with Crippen molar-refractivity contribution in [1.29, 1.82) is 0 Å². The van der Waals surface area contributed by atoms with Crippen LogP contribution in [0.25, 0.3) is 0 Å². The van der Waals surface area contributed by atoms with Gasteiger partial charge in [0.15, 0.2) is 0 Å². The predicted molar refractivity (Wildman–Crippen MR) is 55.7 cm³/mol. The van der Waals surface area contributed by atoms with Crippen molar-refractivity contribution in [3.63, 3.8) is 0 Å². The van der Waals surface area contributed by atoms with Gasteiger partial charge in [0.2, 0.25) is 0 Å². The van der Waals surface area contributed by atoms with Gasteiger partial charge in [-0.2, -0.15) is 0 Å². The molecule has 0 aromatic rings. The average molecular weight is 235 g/mol. The molecule has 0 aromatic heterocycles. The van der Waals surface area contributed by atoms with E-state index in [4.69, 9.17) is 4.74 Å². The number of ether oxygens (including phenoxy) is 1. The Hall–Kier alpha value is 0.440. The highest BCUT2D eigenvalue weighted by Gasteiger charge is 2.60. The van der Waals surface area contributed by atoms with Crippen molar-refractivity contribution in [3.05, 3.63) is 0 Å². The summed E-state index contributed by atoms with van der Waals surface area (Å²) in [4.78, 5) is 0. The lowest BCUT2D eigenvalue weighted by Crippen LogP contribution is -2.18. The monoisotopic (exact) mass is 234 g/mol. The van der Waals surface area contributed by atoms with Gasteiger partial charge in [0, 0.05) is 17.4 Å². The summed E-state index contributed by atoms with van der Waals surface area (Å²) in [5, 5.41) is 1.08. The van der Waals surface area contributed by atoms with Crippen LogP contribution in [0.4, 0.5) is 0 Å². The Morgan fingerprint density at radius 3 is 2.33 bits per heavy atom. The molecule has 0 bridgehead atoms. The first-order valence-corrected chi connectivity index (χ1v) is 5.84. The van der Waals surface area contributed by atoms with Crippen LogP contribution in [0.1, 0.15) is 33.6 Å². The maximum Gasteiger partial charge on any atom is 0.0535 e. The Labute approximate surface area is 84.0 Å². The average Bonchev–Trinajstić information content (AvgIpc) is 2.55. The molecule has 2 heteroatoms. The van der Waals surface area contributed by atoms with E-state index in [0.717, 1.165) is 25.0 Å². The summed E-state index contributed by atoms with van der Waals surface area (Å²) in [5.74, 6) is 0. The van der Waals surface area contributed by atoms with Gasteiger partial charge in [-0.15, -0.1) is 0 Å². The normalized spacial score (nSPS) is 32.0. The smallest absolute Gasteiger partial charge is 0.0535 e. The summed E-state index contributed by atoms with van der Waals surface area (Å²) < 4.78 is 5.61. The lowest BCUT2D eigenvalue weighted by Gasteiger charge is -2.17. The summed E-state index contributed by atoms with van der Waals surface area (Å²) in [6.45, 7) is 8.63. The van der Waals surface area contributed by atoms with Crippen LogP contribution in [0.2, 0.25) is 0 Å². The Balaban J connectivity index is 2.30. The van der Waals surface area contributed by atoms with Crippen LogP contribution in [0.5, 0.6) is 0 Å². The molecule has 1 unspecified atom stereocenters. The Morgan fingerprint density at radius 2 is 2.00 bits per heavy atom. The van der Waals surface area contributed by atoms with Crippen molar-refractivity contribution in [2.45, 2.75) is 33.6 Å². The zero-order valence-corrected chi connectivity index (χ0v) is 9.91. The van der Waals surface area contributed by atoms with Crippen molar-refractivity contribution < 1.29 is 4.74 Å². The van der Waals surface area contributed by atoms with E-state index >= 15 is 0 Å². The molecule has 1 nitrogen and oxygen atoms in total. The van der Waals surface area contributed by atoms with Crippen LogP contribution in [0.15, 0.2) is 0 Å². The second kappa shape index (κ2) is 3.67. The number of rotatable bonds is 5. The van der Waals surface area contributed by atoms with Crippen LogP contribution in [0, 0.1) is 10.8 Å². The van der Waals surface area contributed by atoms with E-state index in [1.807, 2.05) is 0 Å². The van der Waals surface area contributed by atoms with Crippen LogP contribution in [-0.2, 0) is 4.74 Å². The molecule has 0 amide bonds. The predicted octanol–water partition coefficient (Wildman–Crippen LogP) is 3.22. The van der Waals surface area contributed by atoms with E-state index in [9.17, 15) is 0 Å². The largest absolute Gasteiger partial charge is 0.381 e. The number of hydrogen-bond donors (Lipinski definition) is 0. The summed E-state index contributed by atoms with van der Waals surface area (Å²) >= 11 is 3.58. The maximum atomic E-state index is 5.61. The molecule has 1 saturated carbocycles.